The number of aromatic nitrogens is 1. The van der Waals surface area contributed by atoms with Crippen molar-refractivity contribution >= 4 is 50.9 Å². The second-order valence-corrected chi connectivity index (χ2v) is 9.29. The fourth-order valence-electron chi connectivity index (χ4n) is 2.75. The molecule has 1 N–H and O–H groups in total. The van der Waals surface area contributed by atoms with E-state index in [2.05, 4.69) is 5.32 Å². The first kappa shape index (κ1) is 24.3. The Morgan fingerprint density at radius 3 is 2.50 bits per heavy atom. The molecule has 0 aliphatic carbocycles. The van der Waals surface area contributed by atoms with Gasteiger partial charge in [0, 0.05) is 29.8 Å². The normalized spacial score (nSPS) is 11.2. The Morgan fingerprint density at radius 2 is 1.81 bits per heavy atom. The third kappa shape index (κ3) is 6.80. The first-order valence-electron chi connectivity index (χ1n) is 9.17. The van der Waals surface area contributed by atoms with Crippen LogP contribution in [0.4, 0.5) is 3.89 Å². The third-order valence-electron chi connectivity index (χ3n) is 4.33. The van der Waals surface area contributed by atoms with E-state index < -0.39 is 15.1 Å². The SMILES string of the molecule is O=C(COc1ccc(Cl)c(Cl)c1)NCc1ccc[n+](Cc2ccc(S(=O)(=O)F)cc2Cl)c1. The molecule has 0 aliphatic rings. The van der Waals surface area contributed by atoms with Gasteiger partial charge >= 0.3 is 10.2 Å². The maximum atomic E-state index is 13.1. The molecule has 3 rings (SSSR count). The predicted molar refractivity (Wildman–Crippen MR) is 119 cm³/mol. The molecule has 0 saturated carbocycles. The highest BCUT2D eigenvalue weighted by Crippen LogP contribution is 2.26. The zero-order valence-electron chi connectivity index (χ0n) is 16.4. The summed E-state index contributed by atoms with van der Waals surface area (Å²) in [5.41, 5.74) is 1.43. The lowest BCUT2D eigenvalue weighted by atomic mass is 10.2. The monoisotopic (exact) mass is 517 g/mol. The van der Waals surface area contributed by atoms with Crippen LogP contribution < -0.4 is 14.6 Å². The number of hydrogen-bond donors (Lipinski definition) is 1. The Kier molecular flexibility index (Phi) is 7.95. The van der Waals surface area contributed by atoms with Crippen molar-refractivity contribution in [3.63, 3.8) is 0 Å². The largest absolute Gasteiger partial charge is 0.484 e. The Morgan fingerprint density at radius 1 is 1.03 bits per heavy atom. The molecule has 168 valence electrons. The van der Waals surface area contributed by atoms with E-state index in [4.69, 9.17) is 39.5 Å². The van der Waals surface area contributed by atoms with Crippen molar-refractivity contribution in [2.75, 3.05) is 6.61 Å². The Bertz CT molecular complexity index is 1260. The minimum Gasteiger partial charge on any atom is -0.484 e. The van der Waals surface area contributed by atoms with Crippen LogP contribution in [0.1, 0.15) is 11.1 Å². The average Bonchev–Trinajstić information content (AvgIpc) is 2.74. The van der Waals surface area contributed by atoms with Gasteiger partial charge in [-0.05, 0) is 36.4 Å². The van der Waals surface area contributed by atoms with Gasteiger partial charge in [-0.1, -0.05) is 34.8 Å². The molecule has 1 heterocycles. The first-order chi connectivity index (χ1) is 15.1. The smallest absolute Gasteiger partial charge is 0.332 e. The minimum absolute atomic E-state index is 0.134. The molecule has 6 nitrogen and oxygen atoms in total. The van der Waals surface area contributed by atoms with E-state index in [0.29, 0.717) is 27.9 Å². The second kappa shape index (κ2) is 10.5. The van der Waals surface area contributed by atoms with E-state index in [1.54, 1.807) is 35.2 Å². The Labute approximate surface area is 199 Å². The molecule has 1 amide bonds. The maximum absolute atomic E-state index is 13.1. The molecule has 0 spiro atoms. The zero-order valence-corrected chi connectivity index (χ0v) is 19.5. The lowest BCUT2D eigenvalue weighted by Crippen LogP contribution is -2.35. The molecule has 0 atom stereocenters. The summed E-state index contributed by atoms with van der Waals surface area (Å²) < 4.78 is 42.3. The number of nitrogens with zero attached hydrogens (tertiary/aromatic N) is 1. The van der Waals surface area contributed by atoms with Gasteiger partial charge < -0.3 is 10.1 Å². The van der Waals surface area contributed by atoms with Crippen LogP contribution in [0, 0.1) is 0 Å². The van der Waals surface area contributed by atoms with E-state index in [-0.39, 0.29) is 24.1 Å². The highest BCUT2D eigenvalue weighted by molar-refractivity contribution is 7.86. The summed E-state index contributed by atoms with van der Waals surface area (Å²) in [5.74, 6) is 0.105. The number of ether oxygens (including phenoxy) is 1. The predicted octanol–water partition coefficient (Wildman–Crippen LogP) is 4.34. The molecule has 0 aliphatic heterocycles. The van der Waals surface area contributed by atoms with Gasteiger partial charge in [-0.3, -0.25) is 4.79 Å². The van der Waals surface area contributed by atoms with Crippen LogP contribution in [0.25, 0.3) is 0 Å². The fourth-order valence-corrected chi connectivity index (χ4v) is 3.83. The zero-order chi connectivity index (χ0) is 23.3. The molecule has 1 aromatic heterocycles. The molecule has 0 radical (unpaired) electrons. The summed E-state index contributed by atoms with van der Waals surface area (Å²) in [5, 5.41) is 3.61. The van der Waals surface area contributed by atoms with E-state index >= 15 is 0 Å². The number of rotatable bonds is 8. The van der Waals surface area contributed by atoms with Gasteiger partial charge in [0.05, 0.1) is 20.0 Å². The number of carbonyl (C=O) groups is 1. The highest BCUT2D eigenvalue weighted by Gasteiger charge is 2.16. The van der Waals surface area contributed by atoms with Crippen molar-refractivity contribution in [3.05, 3.63) is 87.1 Å². The topological polar surface area (TPSA) is 76.3 Å². The van der Waals surface area contributed by atoms with Gasteiger partial charge in [0.1, 0.15) is 5.75 Å². The number of nitrogens with one attached hydrogen (secondary N) is 1. The summed E-state index contributed by atoms with van der Waals surface area (Å²) in [7, 11) is -4.82. The number of carbonyl (C=O) groups excluding carboxylic acids is 1. The Balaban J connectivity index is 1.56. The average molecular weight is 519 g/mol. The van der Waals surface area contributed by atoms with Crippen LogP contribution in [0.3, 0.4) is 0 Å². The van der Waals surface area contributed by atoms with Crippen LogP contribution in [0.2, 0.25) is 15.1 Å². The van der Waals surface area contributed by atoms with Crippen LogP contribution in [-0.2, 0) is 28.1 Å². The molecule has 0 unspecified atom stereocenters. The molecule has 0 fully saturated rings. The molecular formula is C21H17Cl3FN2O4S+. The maximum Gasteiger partial charge on any atom is 0.332 e. The van der Waals surface area contributed by atoms with Crippen molar-refractivity contribution in [1.29, 1.82) is 0 Å². The van der Waals surface area contributed by atoms with Crippen LogP contribution in [-0.4, -0.2) is 20.9 Å². The molecule has 0 saturated heterocycles. The number of amides is 1. The minimum atomic E-state index is -4.82. The molecule has 11 heteroatoms. The van der Waals surface area contributed by atoms with Gasteiger partial charge in [0.2, 0.25) is 0 Å². The quantitative estimate of drug-likeness (QED) is 0.356. The van der Waals surface area contributed by atoms with Gasteiger partial charge in [-0.25, -0.2) is 4.57 Å². The van der Waals surface area contributed by atoms with E-state index in [1.807, 2.05) is 6.07 Å². The van der Waals surface area contributed by atoms with Crippen molar-refractivity contribution < 1.29 is 26.4 Å². The summed E-state index contributed by atoms with van der Waals surface area (Å²) in [6.07, 6.45) is 3.59. The van der Waals surface area contributed by atoms with Gasteiger partial charge in [-0.15, -0.1) is 3.89 Å². The summed E-state index contributed by atoms with van der Waals surface area (Å²) in [6, 6.07) is 12.0. The van der Waals surface area contributed by atoms with E-state index in [9.17, 15) is 17.1 Å². The summed E-state index contributed by atoms with van der Waals surface area (Å²) in [4.78, 5) is 11.6. The summed E-state index contributed by atoms with van der Waals surface area (Å²) >= 11 is 17.9. The standard InChI is InChI=1S/C21H16Cl3FN2O4S/c22-18-6-4-16(8-20(18)24)31-13-21(28)26-10-14-2-1-7-27(11-14)12-15-3-5-17(9-19(15)23)32(25,29)30/h1-9,11H,10,12-13H2/p+1. The number of pyridine rings is 1. The fraction of sp³-hybridized carbons (Fsp3) is 0.143. The first-order valence-corrected chi connectivity index (χ1v) is 11.7. The number of hydrogen-bond acceptors (Lipinski definition) is 4. The highest BCUT2D eigenvalue weighted by atomic mass is 35.5. The van der Waals surface area contributed by atoms with Crippen molar-refractivity contribution in [2.24, 2.45) is 0 Å². The molecule has 2 aromatic carbocycles. The lowest BCUT2D eigenvalue weighted by Gasteiger charge is -2.08. The van der Waals surface area contributed by atoms with Crippen LogP contribution in [0.15, 0.2) is 65.8 Å². The molecular weight excluding hydrogens is 502 g/mol. The van der Waals surface area contributed by atoms with Gasteiger partial charge in [-0.2, -0.15) is 8.42 Å². The van der Waals surface area contributed by atoms with Crippen LogP contribution in [0.5, 0.6) is 5.75 Å². The van der Waals surface area contributed by atoms with Crippen molar-refractivity contribution in [1.82, 2.24) is 5.32 Å². The van der Waals surface area contributed by atoms with Gasteiger partial charge in [0.25, 0.3) is 5.91 Å². The summed E-state index contributed by atoms with van der Waals surface area (Å²) in [6.45, 7) is 0.398. The molecule has 0 bridgehead atoms. The Hall–Kier alpha value is -2.39. The van der Waals surface area contributed by atoms with Crippen molar-refractivity contribution in [3.8, 4) is 5.75 Å². The lowest BCUT2D eigenvalue weighted by molar-refractivity contribution is -0.688. The second-order valence-electron chi connectivity index (χ2n) is 6.72. The van der Waals surface area contributed by atoms with Crippen molar-refractivity contribution in [2.45, 2.75) is 18.0 Å². The molecule has 32 heavy (non-hydrogen) atoms. The number of benzene rings is 2. The van der Waals surface area contributed by atoms with Crippen LogP contribution >= 0.6 is 34.8 Å². The van der Waals surface area contributed by atoms with Gasteiger partial charge in [0.15, 0.2) is 25.5 Å². The van der Waals surface area contributed by atoms with E-state index in [0.717, 1.165) is 17.7 Å². The third-order valence-corrected chi connectivity index (χ3v) is 6.24. The molecule has 3 aromatic rings. The van der Waals surface area contributed by atoms with E-state index in [1.165, 1.54) is 12.1 Å². The number of halogens is 4.